The first-order valence-corrected chi connectivity index (χ1v) is 15.2. The number of carboxylic acid groups (broad SMARTS) is 1. The molecule has 40 heavy (non-hydrogen) atoms. The zero-order chi connectivity index (χ0) is 29.3. The molecule has 3 aromatic rings. The molecule has 3 N–H and O–H groups in total. The van der Waals surface area contributed by atoms with E-state index in [-0.39, 0.29) is 29.9 Å². The van der Waals surface area contributed by atoms with Crippen LogP contribution < -0.4 is 5.32 Å². The lowest BCUT2D eigenvalue weighted by atomic mass is 9.95. The molecule has 216 valence electrons. The maximum absolute atomic E-state index is 13.3. The van der Waals surface area contributed by atoms with Gasteiger partial charge in [-0.1, -0.05) is 60.7 Å². The molecule has 0 radical (unpaired) electrons. The molecule has 0 saturated carbocycles. The van der Waals surface area contributed by atoms with Gasteiger partial charge in [0.1, 0.15) is 0 Å². The van der Waals surface area contributed by atoms with Crippen molar-refractivity contribution >= 4 is 16.0 Å². The second-order valence-corrected chi connectivity index (χ2v) is 13.2. The fraction of sp³-hybridized carbons (Fsp3) is 0.406. The first kappa shape index (κ1) is 31.5. The summed E-state index contributed by atoms with van der Waals surface area (Å²) in [7, 11) is -2.32. The molecule has 0 aliphatic heterocycles. The summed E-state index contributed by atoms with van der Waals surface area (Å²) in [5.74, 6) is -0.844. The van der Waals surface area contributed by atoms with Crippen LogP contribution in [0.2, 0.25) is 0 Å². The van der Waals surface area contributed by atoms with Gasteiger partial charge in [-0.25, -0.2) is 8.42 Å². The summed E-state index contributed by atoms with van der Waals surface area (Å²) in [6.07, 6.45) is 2.56. The van der Waals surface area contributed by atoms with Crippen molar-refractivity contribution in [2.24, 2.45) is 0 Å². The fourth-order valence-corrected chi connectivity index (χ4v) is 6.06. The van der Waals surface area contributed by atoms with Crippen molar-refractivity contribution in [3.8, 4) is 11.1 Å². The quantitative estimate of drug-likeness (QED) is 0.238. The maximum Gasteiger partial charge on any atom is 0.303 e. The topological polar surface area (TPSA) is 107 Å². The standard InChI is InChI=1S/C32H42N2O5S/c1-24-20-29(16-17-30(24)27-14-8-12-26(21-27)15-18-31(36)37)40(38,39)34(4)23-28(35)22-33-32(2,3)19-9-13-25-10-6-5-7-11-25/h5-8,10-12,14,16-17,20-21,28,33,35H,9,13,15,18-19,22-23H2,1-4H3,(H,36,37). The van der Waals surface area contributed by atoms with Crippen LogP contribution in [0.25, 0.3) is 11.1 Å². The van der Waals surface area contributed by atoms with Crippen molar-refractivity contribution in [1.82, 2.24) is 9.62 Å². The van der Waals surface area contributed by atoms with E-state index in [0.29, 0.717) is 6.42 Å². The van der Waals surface area contributed by atoms with Crippen LogP contribution in [0, 0.1) is 6.92 Å². The molecule has 8 heteroatoms. The van der Waals surface area contributed by atoms with Crippen LogP contribution in [-0.4, -0.2) is 60.7 Å². The van der Waals surface area contributed by atoms with E-state index in [0.717, 1.165) is 41.5 Å². The highest BCUT2D eigenvalue weighted by atomic mass is 32.2. The Balaban J connectivity index is 1.57. The number of aryl methyl sites for hydroxylation is 3. The Hall–Kier alpha value is -3.04. The Labute approximate surface area is 238 Å². The second-order valence-electron chi connectivity index (χ2n) is 11.1. The summed E-state index contributed by atoms with van der Waals surface area (Å²) >= 11 is 0. The molecule has 0 spiro atoms. The molecule has 0 aliphatic rings. The number of rotatable bonds is 15. The number of carboxylic acids is 1. The third-order valence-electron chi connectivity index (χ3n) is 7.17. The number of carbonyl (C=O) groups is 1. The highest BCUT2D eigenvalue weighted by molar-refractivity contribution is 7.89. The Morgan fingerprint density at radius 1 is 0.975 bits per heavy atom. The van der Waals surface area contributed by atoms with Crippen LogP contribution in [0.3, 0.4) is 0 Å². The highest BCUT2D eigenvalue weighted by Gasteiger charge is 2.25. The van der Waals surface area contributed by atoms with Crippen LogP contribution in [0.15, 0.2) is 77.7 Å². The summed E-state index contributed by atoms with van der Waals surface area (Å²) in [5.41, 5.74) is 4.62. The largest absolute Gasteiger partial charge is 0.481 e. The number of sulfonamides is 1. The molecule has 0 heterocycles. The average molecular weight is 567 g/mol. The van der Waals surface area contributed by atoms with Gasteiger partial charge in [0, 0.05) is 32.1 Å². The van der Waals surface area contributed by atoms with Gasteiger partial charge in [-0.3, -0.25) is 4.79 Å². The summed E-state index contributed by atoms with van der Waals surface area (Å²) in [6, 6.07) is 23.0. The van der Waals surface area contributed by atoms with Crippen molar-refractivity contribution in [2.75, 3.05) is 20.1 Å². The van der Waals surface area contributed by atoms with Gasteiger partial charge in [-0.15, -0.1) is 0 Å². The lowest BCUT2D eigenvalue weighted by Crippen LogP contribution is -2.46. The highest BCUT2D eigenvalue weighted by Crippen LogP contribution is 2.28. The smallest absolute Gasteiger partial charge is 0.303 e. The van der Waals surface area contributed by atoms with E-state index in [1.54, 1.807) is 18.2 Å². The third-order valence-corrected chi connectivity index (χ3v) is 8.99. The van der Waals surface area contributed by atoms with E-state index in [4.69, 9.17) is 5.11 Å². The molecule has 0 aromatic heterocycles. The number of nitrogens with one attached hydrogen (secondary N) is 1. The molecule has 0 bridgehead atoms. The molecule has 3 rings (SSSR count). The lowest BCUT2D eigenvalue weighted by molar-refractivity contribution is -0.136. The number of β-amino-alcohol motifs (C(OH)–C–C–N with tert-alkyl or cyclic N) is 1. The van der Waals surface area contributed by atoms with Crippen LogP contribution in [-0.2, 0) is 27.7 Å². The number of hydrogen-bond acceptors (Lipinski definition) is 5. The van der Waals surface area contributed by atoms with E-state index >= 15 is 0 Å². The molecular weight excluding hydrogens is 524 g/mol. The number of likely N-dealkylation sites (N-methyl/N-ethyl adjacent to an activating group) is 1. The van der Waals surface area contributed by atoms with Gasteiger partial charge < -0.3 is 15.5 Å². The predicted octanol–water partition coefficient (Wildman–Crippen LogP) is 5.05. The maximum atomic E-state index is 13.3. The first-order chi connectivity index (χ1) is 18.9. The molecule has 7 nitrogen and oxygen atoms in total. The van der Waals surface area contributed by atoms with Crippen molar-refractivity contribution in [3.05, 3.63) is 89.5 Å². The second kappa shape index (κ2) is 14.0. The number of benzene rings is 3. The Kier molecular flexibility index (Phi) is 11.0. The van der Waals surface area contributed by atoms with Crippen molar-refractivity contribution in [3.63, 3.8) is 0 Å². The molecule has 0 amide bonds. The number of aliphatic carboxylic acids is 1. The minimum atomic E-state index is -3.80. The average Bonchev–Trinajstić information content (AvgIpc) is 2.91. The number of aliphatic hydroxyl groups excluding tert-OH is 1. The van der Waals surface area contributed by atoms with Gasteiger partial charge in [0.2, 0.25) is 10.0 Å². The monoisotopic (exact) mass is 566 g/mol. The van der Waals surface area contributed by atoms with Gasteiger partial charge in [0.15, 0.2) is 0 Å². The van der Waals surface area contributed by atoms with Crippen LogP contribution in [0.4, 0.5) is 0 Å². The van der Waals surface area contributed by atoms with Gasteiger partial charge >= 0.3 is 5.97 Å². The summed E-state index contributed by atoms with van der Waals surface area (Å²) in [5, 5.41) is 23.0. The predicted molar refractivity (Wildman–Crippen MR) is 160 cm³/mol. The van der Waals surface area contributed by atoms with Crippen LogP contribution >= 0.6 is 0 Å². The fourth-order valence-electron chi connectivity index (χ4n) is 4.77. The summed E-state index contributed by atoms with van der Waals surface area (Å²) in [6.45, 7) is 6.31. The van der Waals surface area contributed by atoms with Gasteiger partial charge in [0.05, 0.1) is 11.0 Å². The lowest BCUT2D eigenvalue weighted by Gasteiger charge is -2.29. The SMILES string of the molecule is Cc1cc(S(=O)(=O)N(C)CC(O)CNC(C)(C)CCCc2ccccc2)ccc1-c1cccc(CCC(=O)O)c1. The first-order valence-electron chi connectivity index (χ1n) is 13.7. The van der Waals surface area contributed by atoms with Gasteiger partial charge in [-0.05, 0) is 86.4 Å². The third kappa shape index (κ3) is 9.27. The molecule has 1 atom stereocenters. The minimum absolute atomic E-state index is 0.0259. The number of aliphatic hydroxyl groups is 1. The molecule has 1 unspecified atom stereocenters. The molecular formula is C32H42N2O5S. The Bertz CT molecular complexity index is 1370. The van der Waals surface area contributed by atoms with Crippen molar-refractivity contribution in [1.29, 1.82) is 0 Å². The molecule has 0 fully saturated rings. The zero-order valence-electron chi connectivity index (χ0n) is 23.9. The van der Waals surface area contributed by atoms with E-state index in [1.807, 2.05) is 49.4 Å². The summed E-state index contributed by atoms with van der Waals surface area (Å²) < 4.78 is 27.8. The van der Waals surface area contributed by atoms with E-state index in [9.17, 15) is 18.3 Å². The number of nitrogens with zero attached hydrogens (tertiary/aromatic N) is 1. The van der Waals surface area contributed by atoms with Crippen LogP contribution in [0.5, 0.6) is 0 Å². The number of hydrogen-bond donors (Lipinski definition) is 3. The molecule has 0 saturated heterocycles. The Morgan fingerprint density at radius 2 is 1.68 bits per heavy atom. The Morgan fingerprint density at radius 3 is 2.35 bits per heavy atom. The molecule has 0 aliphatic carbocycles. The van der Waals surface area contributed by atoms with E-state index in [1.165, 1.54) is 16.9 Å². The van der Waals surface area contributed by atoms with E-state index in [2.05, 4.69) is 31.3 Å². The van der Waals surface area contributed by atoms with Gasteiger partial charge in [-0.2, -0.15) is 4.31 Å². The minimum Gasteiger partial charge on any atom is -0.481 e. The van der Waals surface area contributed by atoms with Crippen LogP contribution in [0.1, 0.15) is 49.8 Å². The summed E-state index contributed by atoms with van der Waals surface area (Å²) in [4.78, 5) is 11.1. The van der Waals surface area contributed by atoms with E-state index < -0.39 is 22.1 Å². The van der Waals surface area contributed by atoms with Crippen molar-refractivity contribution in [2.45, 2.75) is 69.4 Å². The zero-order valence-corrected chi connectivity index (χ0v) is 24.7. The normalized spacial score (nSPS) is 12.9. The molecule has 3 aromatic carbocycles. The van der Waals surface area contributed by atoms with Crippen molar-refractivity contribution < 1.29 is 23.4 Å². The van der Waals surface area contributed by atoms with Gasteiger partial charge in [0.25, 0.3) is 0 Å².